The molecule has 42 heavy (non-hydrogen) atoms. The molecule has 0 amide bonds. The van der Waals surface area contributed by atoms with Crippen molar-refractivity contribution >= 4 is 43.6 Å². The molecule has 0 atom stereocenters. The molecule has 0 aliphatic heterocycles. The molecule has 8 aromatic rings. The molecule has 0 saturated heterocycles. The summed E-state index contributed by atoms with van der Waals surface area (Å²) in [5.41, 5.74) is 9.99. The summed E-state index contributed by atoms with van der Waals surface area (Å²) in [6.45, 7) is 4.61. The molecule has 0 unspecified atom stereocenters. The maximum atomic E-state index is 5.31. The molecule has 1 aliphatic carbocycles. The first-order valence-electron chi connectivity index (χ1n) is 14.4. The van der Waals surface area contributed by atoms with Crippen LogP contribution in [-0.4, -0.2) is 19.5 Å². The van der Waals surface area contributed by atoms with E-state index in [0.29, 0.717) is 5.82 Å². The van der Waals surface area contributed by atoms with Crippen LogP contribution in [0.3, 0.4) is 0 Å². The van der Waals surface area contributed by atoms with E-state index >= 15 is 0 Å². The van der Waals surface area contributed by atoms with Gasteiger partial charge in [-0.15, -0.1) is 0 Å². The van der Waals surface area contributed by atoms with E-state index in [1.807, 2.05) is 18.3 Å². The molecule has 0 fully saturated rings. The highest BCUT2D eigenvalue weighted by Crippen LogP contribution is 2.49. The van der Waals surface area contributed by atoms with Crippen LogP contribution >= 0.6 is 0 Å². The standard InChI is InChI=1S/C38H26N4/c1-38(2)30-14-7-5-12-26(30)27-18-17-25(21-31(27)38)36-40-32-15-9-19-39-35(32)37(41-36)42-33-16-8-6-13-28(33)29-20-23-10-3-4-11-24(23)22-34(29)42/h3-22H,1-2H3. The summed E-state index contributed by atoms with van der Waals surface area (Å²) < 4.78 is 2.27. The van der Waals surface area contributed by atoms with Crippen LogP contribution in [0.5, 0.6) is 0 Å². The van der Waals surface area contributed by atoms with Crippen LogP contribution in [0, 0.1) is 0 Å². The number of para-hydroxylation sites is 1. The Balaban J connectivity index is 1.34. The van der Waals surface area contributed by atoms with Crippen molar-refractivity contribution in [3.05, 3.63) is 133 Å². The van der Waals surface area contributed by atoms with Gasteiger partial charge < -0.3 is 0 Å². The molecule has 1 aliphatic rings. The van der Waals surface area contributed by atoms with Gasteiger partial charge in [0.05, 0.1) is 16.6 Å². The van der Waals surface area contributed by atoms with E-state index in [0.717, 1.165) is 33.4 Å². The summed E-state index contributed by atoms with van der Waals surface area (Å²) in [5.74, 6) is 1.49. The van der Waals surface area contributed by atoms with Crippen molar-refractivity contribution in [2.45, 2.75) is 19.3 Å². The molecule has 3 aromatic heterocycles. The Labute approximate surface area is 242 Å². The van der Waals surface area contributed by atoms with Gasteiger partial charge in [-0.05, 0) is 69.4 Å². The van der Waals surface area contributed by atoms with Gasteiger partial charge in [-0.3, -0.25) is 9.55 Å². The summed E-state index contributed by atoms with van der Waals surface area (Å²) in [6.07, 6.45) is 1.83. The van der Waals surface area contributed by atoms with E-state index in [9.17, 15) is 0 Å². The highest BCUT2D eigenvalue weighted by molar-refractivity contribution is 6.14. The van der Waals surface area contributed by atoms with Gasteiger partial charge in [-0.25, -0.2) is 9.97 Å². The second-order valence-corrected chi connectivity index (χ2v) is 11.7. The second kappa shape index (κ2) is 8.34. The maximum Gasteiger partial charge on any atom is 0.168 e. The number of benzene rings is 5. The summed E-state index contributed by atoms with van der Waals surface area (Å²) in [5, 5.41) is 4.81. The molecule has 3 heterocycles. The monoisotopic (exact) mass is 538 g/mol. The molecule has 198 valence electrons. The number of hydrogen-bond acceptors (Lipinski definition) is 3. The Morgan fingerprint density at radius 3 is 2.26 bits per heavy atom. The lowest BCUT2D eigenvalue weighted by atomic mass is 9.82. The topological polar surface area (TPSA) is 43.6 Å². The summed E-state index contributed by atoms with van der Waals surface area (Å²) in [7, 11) is 0. The first-order valence-corrected chi connectivity index (χ1v) is 14.4. The third-order valence-electron chi connectivity index (χ3n) is 9.03. The summed E-state index contributed by atoms with van der Waals surface area (Å²) >= 11 is 0. The highest BCUT2D eigenvalue weighted by Gasteiger charge is 2.35. The van der Waals surface area contributed by atoms with Gasteiger partial charge in [0.2, 0.25) is 0 Å². The Bertz CT molecular complexity index is 2400. The van der Waals surface area contributed by atoms with Gasteiger partial charge in [-0.1, -0.05) is 92.7 Å². The molecule has 4 nitrogen and oxygen atoms in total. The van der Waals surface area contributed by atoms with Crippen molar-refractivity contribution in [2.24, 2.45) is 0 Å². The smallest absolute Gasteiger partial charge is 0.168 e. The average molecular weight is 539 g/mol. The molecule has 0 bridgehead atoms. The zero-order chi connectivity index (χ0) is 28.0. The highest BCUT2D eigenvalue weighted by atomic mass is 15.1. The van der Waals surface area contributed by atoms with E-state index in [1.54, 1.807) is 0 Å². The van der Waals surface area contributed by atoms with Crippen molar-refractivity contribution < 1.29 is 0 Å². The second-order valence-electron chi connectivity index (χ2n) is 11.7. The number of rotatable bonds is 2. The van der Waals surface area contributed by atoms with Crippen LogP contribution in [0.15, 0.2) is 121 Å². The molecular weight excluding hydrogens is 512 g/mol. The van der Waals surface area contributed by atoms with Gasteiger partial charge in [-0.2, -0.15) is 0 Å². The van der Waals surface area contributed by atoms with Crippen molar-refractivity contribution in [3.8, 4) is 28.3 Å². The van der Waals surface area contributed by atoms with Crippen molar-refractivity contribution in [1.29, 1.82) is 0 Å². The van der Waals surface area contributed by atoms with Gasteiger partial charge in [0.1, 0.15) is 5.52 Å². The van der Waals surface area contributed by atoms with Gasteiger partial charge >= 0.3 is 0 Å². The molecule has 4 heteroatoms. The van der Waals surface area contributed by atoms with Crippen LogP contribution in [0.25, 0.3) is 71.9 Å². The van der Waals surface area contributed by atoms with Gasteiger partial charge in [0.15, 0.2) is 11.6 Å². The van der Waals surface area contributed by atoms with Gasteiger partial charge in [0.25, 0.3) is 0 Å². The SMILES string of the molecule is CC1(C)c2ccccc2-c2ccc(-c3nc(-n4c5ccccc5c5cc6ccccc6cc54)c4ncccc4n3)cc21. The van der Waals surface area contributed by atoms with Crippen LogP contribution in [0.4, 0.5) is 0 Å². The van der Waals surface area contributed by atoms with E-state index in [4.69, 9.17) is 15.0 Å². The van der Waals surface area contributed by atoms with Crippen molar-refractivity contribution in [2.75, 3.05) is 0 Å². The molecule has 0 radical (unpaired) electrons. The summed E-state index contributed by atoms with van der Waals surface area (Å²) in [4.78, 5) is 15.2. The lowest BCUT2D eigenvalue weighted by Crippen LogP contribution is -2.15. The lowest BCUT2D eigenvalue weighted by molar-refractivity contribution is 0.660. The average Bonchev–Trinajstić information content (AvgIpc) is 3.47. The molecule has 5 aromatic carbocycles. The predicted molar refractivity (Wildman–Crippen MR) is 172 cm³/mol. The number of nitrogens with zero attached hydrogens (tertiary/aromatic N) is 4. The summed E-state index contributed by atoms with van der Waals surface area (Å²) in [6, 6.07) is 41.1. The van der Waals surface area contributed by atoms with Crippen LogP contribution in [-0.2, 0) is 5.41 Å². The van der Waals surface area contributed by atoms with E-state index < -0.39 is 0 Å². The minimum Gasteiger partial charge on any atom is -0.292 e. The van der Waals surface area contributed by atoms with Crippen LogP contribution < -0.4 is 0 Å². The number of hydrogen-bond donors (Lipinski definition) is 0. The largest absolute Gasteiger partial charge is 0.292 e. The van der Waals surface area contributed by atoms with E-state index in [1.165, 1.54) is 43.8 Å². The Kier molecular flexibility index (Phi) is 4.64. The fraction of sp³-hybridized carbons (Fsp3) is 0.0789. The van der Waals surface area contributed by atoms with Gasteiger partial charge in [0, 0.05) is 27.9 Å². The first kappa shape index (κ1) is 23.4. The maximum absolute atomic E-state index is 5.31. The molecule has 0 saturated carbocycles. The minimum atomic E-state index is -0.100. The van der Waals surface area contributed by atoms with Crippen molar-refractivity contribution in [1.82, 2.24) is 19.5 Å². The quantitative estimate of drug-likeness (QED) is 0.220. The fourth-order valence-corrected chi connectivity index (χ4v) is 6.96. The van der Waals surface area contributed by atoms with Crippen LogP contribution in [0.2, 0.25) is 0 Å². The lowest BCUT2D eigenvalue weighted by Gasteiger charge is -2.21. The normalized spacial score (nSPS) is 13.7. The Hall–Kier alpha value is -5.35. The fourth-order valence-electron chi connectivity index (χ4n) is 6.96. The number of fused-ring (bicyclic) bond motifs is 8. The Morgan fingerprint density at radius 2 is 1.36 bits per heavy atom. The molecule has 0 spiro atoms. The Morgan fingerprint density at radius 1 is 0.595 bits per heavy atom. The molecular formula is C38H26N4. The minimum absolute atomic E-state index is 0.100. The zero-order valence-corrected chi connectivity index (χ0v) is 23.3. The predicted octanol–water partition coefficient (Wildman–Crippen LogP) is 9.25. The molecule has 0 N–H and O–H groups in total. The number of pyridine rings is 1. The number of aromatic nitrogens is 4. The van der Waals surface area contributed by atoms with E-state index in [2.05, 4.69) is 122 Å². The third-order valence-corrected chi connectivity index (χ3v) is 9.03. The molecule has 9 rings (SSSR count). The first-order chi connectivity index (χ1) is 20.6. The van der Waals surface area contributed by atoms with E-state index in [-0.39, 0.29) is 5.41 Å². The van der Waals surface area contributed by atoms with Crippen LogP contribution in [0.1, 0.15) is 25.0 Å². The third kappa shape index (κ3) is 3.15. The zero-order valence-electron chi connectivity index (χ0n) is 23.3. The van der Waals surface area contributed by atoms with Crippen molar-refractivity contribution in [3.63, 3.8) is 0 Å².